The summed E-state index contributed by atoms with van der Waals surface area (Å²) in [4.78, 5) is 18.0. The standard InChI is InChI=1S/C8H10ClN3O4/c1-16-7-3(2-11-8(9)12-7)4(13)5(14)6(10)15/h2,4-5,13-14H,1H3,(H2,10,15). The maximum Gasteiger partial charge on any atom is 0.249 e. The molecule has 0 bridgehead atoms. The molecule has 2 unspecified atom stereocenters. The summed E-state index contributed by atoms with van der Waals surface area (Å²) in [5, 5.41) is 18.8. The Hall–Kier alpha value is -1.44. The van der Waals surface area contributed by atoms with Crippen LogP contribution in [0.5, 0.6) is 5.88 Å². The molecule has 1 heterocycles. The van der Waals surface area contributed by atoms with E-state index in [0.717, 1.165) is 6.20 Å². The number of nitrogens with two attached hydrogens (primary N) is 1. The number of aliphatic hydroxyl groups excluding tert-OH is 2. The third kappa shape index (κ3) is 2.57. The molecule has 0 radical (unpaired) electrons. The van der Waals surface area contributed by atoms with E-state index in [9.17, 15) is 15.0 Å². The summed E-state index contributed by atoms with van der Waals surface area (Å²) in [6.45, 7) is 0. The molecule has 1 amide bonds. The van der Waals surface area contributed by atoms with Crippen LogP contribution < -0.4 is 10.5 Å². The molecular weight excluding hydrogens is 238 g/mol. The van der Waals surface area contributed by atoms with Gasteiger partial charge in [-0.05, 0) is 11.6 Å². The van der Waals surface area contributed by atoms with Gasteiger partial charge in [-0.15, -0.1) is 0 Å². The Bertz CT molecular complexity index is 401. The Kier molecular flexibility index (Phi) is 3.99. The number of primary amides is 1. The summed E-state index contributed by atoms with van der Waals surface area (Å²) in [5.41, 5.74) is 4.87. The van der Waals surface area contributed by atoms with Crippen LogP contribution in [0.3, 0.4) is 0 Å². The number of rotatable bonds is 4. The van der Waals surface area contributed by atoms with Crippen LogP contribution in [0.25, 0.3) is 0 Å². The second-order valence-electron chi connectivity index (χ2n) is 2.90. The number of hydrogen-bond donors (Lipinski definition) is 3. The second kappa shape index (κ2) is 5.06. The largest absolute Gasteiger partial charge is 0.481 e. The van der Waals surface area contributed by atoms with Gasteiger partial charge in [0.25, 0.3) is 0 Å². The van der Waals surface area contributed by atoms with Gasteiger partial charge in [0.2, 0.25) is 17.1 Å². The first-order valence-electron chi connectivity index (χ1n) is 4.19. The smallest absolute Gasteiger partial charge is 0.249 e. The number of methoxy groups -OCH3 is 1. The highest BCUT2D eigenvalue weighted by molar-refractivity contribution is 6.28. The third-order valence-corrected chi connectivity index (χ3v) is 2.04. The summed E-state index contributed by atoms with van der Waals surface area (Å²) < 4.78 is 4.82. The van der Waals surface area contributed by atoms with Crippen molar-refractivity contribution >= 4 is 17.5 Å². The van der Waals surface area contributed by atoms with Gasteiger partial charge < -0.3 is 20.7 Å². The van der Waals surface area contributed by atoms with Crippen LogP contribution in [0.1, 0.15) is 11.7 Å². The van der Waals surface area contributed by atoms with Crippen LogP contribution in [-0.4, -0.2) is 39.3 Å². The Morgan fingerprint density at radius 1 is 1.62 bits per heavy atom. The quantitative estimate of drug-likeness (QED) is 0.589. The van der Waals surface area contributed by atoms with Crippen molar-refractivity contribution in [3.05, 3.63) is 17.0 Å². The van der Waals surface area contributed by atoms with Gasteiger partial charge in [0.05, 0.1) is 12.7 Å². The van der Waals surface area contributed by atoms with Gasteiger partial charge in [0, 0.05) is 6.20 Å². The molecule has 0 aliphatic heterocycles. The van der Waals surface area contributed by atoms with Crippen LogP contribution in [0.2, 0.25) is 5.28 Å². The zero-order chi connectivity index (χ0) is 12.3. The molecule has 16 heavy (non-hydrogen) atoms. The summed E-state index contributed by atoms with van der Waals surface area (Å²) in [5.74, 6) is -1.10. The fourth-order valence-corrected chi connectivity index (χ4v) is 1.17. The van der Waals surface area contributed by atoms with Crippen LogP contribution in [0.4, 0.5) is 0 Å². The Morgan fingerprint density at radius 2 is 2.25 bits per heavy atom. The second-order valence-corrected chi connectivity index (χ2v) is 3.23. The van der Waals surface area contributed by atoms with E-state index in [-0.39, 0.29) is 16.7 Å². The number of carbonyl (C=O) groups excluding carboxylic acids is 1. The third-order valence-electron chi connectivity index (χ3n) is 1.85. The maximum absolute atomic E-state index is 10.7. The highest BCUT2D eigenvalue weighted by atomic mass is 35.5. The number of ether oxygens (including phenoxy) is 1. The molecule has 0 saturated carbocycles. The van der Waals surface area contributed by atoms with Crippen molar-refractivity contribution in [3.8, 4) is 5.88 Å². The molecule has 88 valence electrons. The molecule has 0 aliphatic rings. The summed E-state index contributed by atoms with van der Waals surface area (Å²) in [6.07, 6.45) is -2.19. The normalized spacial score (nSPS) is 14.2. The number of carbonyl (C=O) groups is 1. The average molecular weight is 248 g/mol. The molecule has 0 aromatic carbocycles. The van der Waals surface area contributed by atoms with E-state index in [1.54, 1.807) is 0 Å². The minimum atomic E-state index is -1.77. The predicted octanol–water partition coefficient (Wildman–Crippen LogP) is -0.982. The molecule has 1 rings (SSSR count). The van der Waals surface area contributed by atoms with Crippen LogP contribution >= 0.6 is 11.6 Å². The van der Waals surface area contributed by atoms with E-state index in [1.807, 2.05) is 0 Å². The number of aromatic nitrogens is 2. The summed E-state index contributed by atoms with van der Waals surface area (Å²) in [6, 6.07) is 0. The molecule has 0 fully saturated rings. The van der Waals surface area contributed by atoms with Crippen molar-refractivity contribution in [2.45, 2.75) is 12.2 Å². The van der Waals surface area contributed by atoms with E-state index in [2.05, 4.69) is 9.97 Å². The molecule has 0 aliphatic carbocycles. The summed E-state index contributed by atoms with van der Waals surface area (Å²) >= 11 is 5.50. The fraction of sp³-hybridized carbons (Fsp3) is 0.375. The van der Waals surface area contributed by atoms with E-state index in [0.29, 0.717) is 0 Å². The van der Waals surface area contributed by atoms with Gasteiger partial charge >= 0.3 is 0 Å². The molecule has 2 atom stereocenters. The highest BCUT2D eigenvalue weighted by Crippen LogP contribution is 2.25. The molecule has 7 nitrogen and oxygen atoms in total. The van der Waals surface area contributed by atoms with Gasteiger partial charge in [-0.3, -0.25) is 4.79 Å². The van der Waals surface area contributed by atoms with Crippen molar-refractivity contribution in [3.63, 3.8) is 0 Å². The van der Waals surface area contributed by atoms with Crippen molar-refractivity contribution in [1.82, 2.24) is 9.97 Å². The number of nitrogens with zero attached hydrogens (tertiary/aromatic N) is 2. The molecular formula is C8H10ClN3O4. The van der Waals surface area contributed by atoms with E-state index >= 15 is 0 Å². The zero-order valence-corrected chi connectivity index (χ0v) is 9.05. The maximum atomic E-state index is 10.7. The van der Waals surface area contributed by atoms with E-state index in [4.69, 9.17) is 22.1 Å². The lowest BCUT2D eigenvalue weighted by Crippen LogP contribution is -2.34. The fourth-order valence-electron chi connectivity index (χ4n) is 1.05. The van der Waals surface area contributed by atoms with Gasteiger partial charge in [0.15, 0.2) is 6.10 Å². The molecule has 1 aromatic rings. The number of amides is 1. The first kappa shape index (κ1) is 12.6. The van der Waals surface area contributed by atoms with E-state index < -0.39 is 18.1 Å². The molecule has 0 saturated heterocycles. The zero-order valence-electron chi connectivity index (χ0n) is 8.29. The molecule has 0 spiro atoms. The lowest BCUT2D eigenvalue weighted by Gasteiger charge is -2.16. The van der Waals surface area contributed by atoms with Gasteiger partial charge in [-0.2, -0.15) is 4.98 Å². The SMILES string of the molecule is COc1nc(Cl)ncc1C(O)C(O)C(N)=O. The highest BCUT2D eigenvalue weighted by Gasteiger charge is 2.27. The van der Waals surface area contributed by atoms with Gasteiger partial charge in [-0.25, -0.2) is 4.98 Å². The topological polar surface area (TPSA) is 119 Å². The first-order valence-corrected chi connectivity index (χ1v) is 4.57. The van der Waals surface area contributed by atoms with Gasteiger partial charge in [0.1, 0.15) is 6.10 Å². The number of hydrogen-bond acceptors (Lipinski definition) is 6. The lowest BCUT2D eigenvalue weighted by molar-refractivity contribution is -0.132. The molecule has 8 heteroatoms. The van der Waals surface area contributed by atoms with Crippen molar-refractivity contribution in [2.24, 2.45) is 5.73 Å². The minimum absolute atomic E-state index is 0.0261. The Morgan fingerprint density at radius 3 is 2.75 bits per heavy atom. The van der Waals surface area contributed by atoms with Gasteiger partial charge in [-0.1, -0.05) is 0 Å². The van der Waals surface area contributed by atoms with Crippen LogP contribution in [0.15, 0.2) is 6.20 Å². The van der Waals surface area contributed by atoms with E-state index in [1.165, 1.54) is 7.11 Å². The predicted molar refractivity (Wildman–Crippen MR) is 53.8 cm³/mol. The average Bonchev–Trinajstić information content (AvgIpc) is 2.26. The number of aliphatic hydroxyl groups is 2. The number of halogens is 1. The first-order chi connectivity index (χ1) is 7.47. The van der Waals surface area contributed by atoms with Crippen LogP contribution in [-0.2, 0) is 4.79 Å². The Balaban J connectivity index is 3.07. The van der Waals surface area contributed by atoms with Crippen molar-refractivity contribution in [1.29, 1.82) is 0 Å². The van der Waals surface area contributed by atoms with Crippen molar-refractivity contribution < 1.29 is 19.7 Å². The molecule has 1 aromatic heterocycles. The molecule has 4 N–H and O–H groups in total. The van der Waals surface area contributed by atoms with Crippen LogP contribution in [0, 0.1) is 0 Å². The summed E-state index contributed by atoms with van der Waals surface area (Å²) in [7, 11) is 1.30. The van der Waals surface area contributed by atoms with Crippen molar-refractivity contribution in [2.75, 3.05) is 7.11 Å². The Labute approximate surface area is 95.8 Å². The lowest BCUT2D eigenvalue weighted by atomic mass is 10.1. The monoisotopic (exact) mass is 247 g/mol. The minimum Gasteiger partial charge on any atom is -0.481 e.